The van der Waals surface area contributed by atoms with Crippen LogP contribution >= 0.6 is 11.6 Å². The third-order valence-corrected chi connectivity index (χ3v) is 8.33. The minimum atomic E-state index is -1.30. The van der Waals surface area contributed by atoms with Gasteiger partial charge in [-0.1, -0.05) is 48.0 Å². The standard InChI is InChI=1S/C27H32ClN3O5/c1-17-9-6-10-18(28)21(17)30-15-8-12-27-20(19-23(33)29(3)13-7-11-26(19,2)36-27)24(34)31(14-4-5-16-32)22(27)25(30)35/h6-12,19-20,22,32H,4-5,13-16H2,1-3H3/t19-,20+,22?,26+,27+/m1/s1. The van der Waals surface area contributed by atoms with Crippen LogP contribution in [0.4, 0.5) is 5.69 Å². The number of anilines is 1. The second-order valence-electron chi connectivity index (χ2n) is 10.3. The number of likely N-dealkylation sites (tertiary alicyclic amines) is 1. The Balaban J connectivity index is 1.65. The lowest BCUT2D eigenvalue weighted by Crippen LogP contribution is -2.56. The Labute approximate surface area is 216 Å². The SMILES string of the molecule is Cc1cccc(Cl)c1N1CC=C[C@]23O[C@@]4(C)C=CCN(C)C(=O)[C@H]4[C@H]2C(=O)N(CCCCO)C3C1=O. The molecule has 0 radical (unpaired) electrons. The predicted octanol–water partition coefficient (Wildman–Crippen LogP) is 2.32. The highest BCUT2D eigenvalue weighted by molar-refractivity contribution is 6.34. The molecule has 1 spiro atoms. The van der Waals surface area contributed by atoms with Gasteiger partial charge in [0.25, 0.3) is 5.91 Å². The number of unbranched alkanes of at least 4 members (excludes halogenated alkanes) is 1. The molecule has 8 nitrogen and oxygen atoms in total. The van der Waals surface area contributed by atoms with Crippen LogP contribution < -0.4 is 4.90 Å². The number of halogens is 1. The molecule has 0 aliphatic carbocycles. The summed E-state index contributed by atoms with van der Waals surface area (Å²) >= 11 is 6.56. The van der Waals surface area contributed by atoms with Crippen molar-refractivity contribution in [3.63, 3.8) is 0 Å². The molecule has 4 aliphatic heterocycles. The second-order valence-corrected chi connectivity index (χ2v) is 10.7. The van der Waals surface area contributed by atoms with Gasteiger partial charge in [0.05, 0.1) is 28.1 Å². The summed E-state index contributed by atoms with van der Waals surface area (Å²) in [7, 11) is 1.72. The molecule has 2 saturated heterocycles. The molecule has 4 heterocycles. The predicted molar refractivity (Wildman–Crippen MR) is 135 cm³/mol. The minimum Gasteiger partial charge on any atom is -0.396 e. The van der Waals surface area contributed by atoms with Crippen LogP contribution in [0.2, 0.25) is 5.02 Å². The summed E-state index contributed by atoms with van der Waals surface area (Å²) in [6.45, 7) is 4.69. The summed E-state index contributed by atoms with van der Waals surface area (Å²) < 4.78 is 6.76. The van der Waals surface area contributed by atoms with E-state index in [9.17, 15) is 19.5 Å². The maximum atomic E-state index is 14.4. The van der Waals surface area contributed by atoms with Crippen molar-refractivity contribution in [1.29, 1.82) is 0 Å². The van der Waals surface area contributed by atoms with Gasteiger partial charge < -0.3 is 24.5 Å². The molecule has 1 aromatic rings. The van der Waals surface area contributed by atoms with Crippen LogP contribution in [0.25, 0.3) is 0 Å². The van der Waals surface area contributed by atoms with E-state index >= 15 is 0 Å². The zero-order valence-corrected chi connectivity index (χ0v) is 21.6. The molecule has 1 N–H and O–H groups in total. The van der Waals surface area contributed by atoms with Crippen LogP contribution in [0.3, 0.4) is 0 Å². The van der Waals surface area contributed by atoms with Crippen LogP contribution in [-0.2, 0) is 19.1 Å². The number of para-hydroxylation sites is 1. The first-order chi connectivity index (χ1) is 17.2. The molecule has 5 rings (SSSR count). The lowest BCUT2D eigenvalue weighted by atomic mass is 9.74. The van der Waals surface area contributed by atoms with E-state index in [-0.39, 0.29) is 37.4 Å². The fourth-order valence-corrected chi connectivity index (χ4v) is 6.77. The lowest BCUT2D eigenvalue weighted by Gasteiger charge is -2.37. The van der Waals surface area contributed by atoms with Crippen LogP contribution in [-0.4, -0.2) is 83.2 Å². The summed E-state index contributed by atoms with van der Waals surface area (Å²) in [5.41, 5.74) is -0.879. The number of nitrogens with zero attached hydrogens (tertiary/aromatic N) is 3. The van der Waals surface area contributed by atoms with E-state index in [4.69, 9.17) is 16.3 Å². The lowest BCUT2D eigenvalue weighted by molar-refractivity contribution is -0.148. The minimum absolute atomic E-state index is 0.00860. The highest BCUT2D eigenvalue weighted by Crippen LogP contribution is 2.57. The number of amides is 3. The van der Waals surface area contributed by atoms with Gasteiger partial charge in [-0.05, 0) is 38.3 Å². The Kier molecular flexibility index (Phi) is 6.25. The van der Waals surface area contributed by atoms with Gasteiger partial charge in [0.15, 0.2) is 0 Å². The number of carbonyl (C=O) groups excluding carboxylic acids is 3. The largest absolute Gasteiger partial charge is 0.396 e. The van der Waals surface area contributed by atoms with Crippen molar-refractivity contribution in [3.05, 3.63) is 53.1 Å². The molecule has 2 fully saturated rings. The number of hydrogen-bond donors (Lipinski definition) is 1. The van der Waals surface area contributed by atoms with Gasteiger partial charge in [-0.25, -0.2) is 0 Å². The van der Waals surface area contributed by atoms with E-state index in [0.717, 1.165) is 5.56 Å². The topological polar surface area (TPSA) is 90.4 Å². The quantitative estimate of drug-likeness (QED) is 0.482. The van der Waals surface area contributed by atoms with Crippen LogP contribution in [0.1, 0.15) is 25.3 Å². The highest BCUT2D eigenvalue weighted by atomic mass is 35.5. The second kappa shape index (κ2) is 9.01. The summed E-state index contributed by atoms with van der Waals surface area (Å²) in [5.74, 6) is -2.32. The summed E-state index contributed by atoms with van der Waals surface area (Å²) in [5, 5.41) is 9.79. The smallest absolute Gasteiger partial charge is 0.253 e. The molecule has 1 unspecified atom stereocenters. The Morgan fingerprint density at radius 1 is 1.06 bits per heavy atom. The maximum absolute atomic E-state index is 14.4. The molecule has 1 aromatic carbocycles. The number of hydrogen-bond acceptors (Lipinski definition) is 5. The number of benzene rings is 1. The number of fused-ring (bicyclic) bond motifs is 2. The van der Waals surface area contributed by atoms with Gasteiger partial charge in [0.2, 0.25) is 11.8 Å². The number of aliphatic hydroxyl groups is 1. The van der Waals surface area contributed by atoms with Crippen molar-refractivity contribution in [1.82, 2.24) is 9.80 Å². The van der Waals surface area contributed by atoms with Crippen molar-refractivity contribution in [3.8, 4) is 0 Å². The fraction of sp³-hybridized carbons (Fsp3) is 0.519. The van der Waals surface area contributed by atoms with E-state index in [2.05, 4.69) is 0 Å². The number of ether oxygens (including phenoxy) is 1. The third kappa shape index (κ3) is 3.53. The molecule has 3 amide bonds. The van der Waals surface area contributed by atoms with Crippen LogP contribution in [0, 0.1) is 18.8 Å². The molecule has 192 valence electrons. The van der Waals surface area contributed by atoms with Gasteiger partial charge in [-0.3, -0.25) is 14.4 Å². The summed E-state index contributed by atoms with van der Waals surface area (Å²) in [6, 6.07) is 4.51. The summed E-state index contributed by atoms with van der Waals surface area (Å²) in [6.07, 6.45) is 8.46. The van der Waals surface area contributed by atoms with Gasteiger partial charge in [-0.2, -0.15) is 0 Å². The first-order valence-corrected chi connectivity index (χ1v) is 12.8. The monoisotopic (exact) mass is 513 g/mol. The van der Waals surface area contributed by atoms with E-state index in [1.807, 2.05) is 50.3 Å². The fourth-order valence-electron chi connectivity index (χ4n) is 6.44. The maximum Gasteiger partial charge on any atom is 0.253 e. The van der Waals surface area contributed by atoms with Gasteiger partial charge in [0, 0.05) is 33.3 Å². The first-order valence-electron chi connectivity index (χ1n) is 12.4. The Bertz CT molecular complexity index is 1150. The molecule has 36 heavy (non-hydrogen) atoms. The van der Waals surface area contributed by atoms with Crippen LogP contribution in [0.5, 0.6) is 0 Å². The highest BCUT2D eigenvalue weighted by Gasteiger charge is 2.74. The number of aliphatic hydroxyl groups excluding tert-OH is 1. The van der Waals surface area contributed by atoms with Crippen molar-refractivity contribution >= 4 is 35.0 Å². The molecular weight excluding hydrogens is 482 g/mol. The first kappa shape index (κ1) is 25.0. The van der Waals surface area contributed by atoms with Crippen molar-refractivity contribution < 1.29 is 24.2 Å². The molecule has 0 bridgehead atoms. The summed E-state index contributed by atoms with van der Waals surface area (Å²) in [4.78, 5) is 46.8. The number of aryl methyl sites for hydroxylation is 1. The third-order valence-electron chi connectivity index (χ3n) is 8.02. The number of likely N-dealkylation sites (N-methyl/N-ethyl adjacent to an activating group) is 1. The Hall–Kier alpha value is -2.68. The van der Waals surface area contributed by atoms with Gasteiger partial charge in [-0.15, -0.1) is 0 Å². The van der Waals surface area contributed by atoms with Crippen LogP contribution in [0.15, 0.2) is 42.5 Å². The number of carbonyl (C=O) groups is 3. The molecule has 0 aromatic heterocycles. The van der Waals surface area contributed by atoms with Gasteiger partial charge >= 0.3 is 0 Å². The van der Waals surface area contributed by atoms with Crippen molar-refractivity contribution in [2.45, 2.75) is 43.9 Å². The Morgan fingerprint density at radius 2 is 1.81 bits per heavy atom. The average molecular weight is 514 g/mol. The number of rotatable bonds is 5. The zero-order chi connectivity index (χ0) is 25.8. The van der Waals surface area contributed by atoms with E-state index in [0.29, 0.717) is 30.1 Å². The van der Waals surface area contributed by atoms with E-state index < -0.39 is 29.1 Å². The van der Waals surface area contributed by atoms with Crippen molar-refractivity contribution in [2.75, 3.05) is 38.2 Å². The Morgan fingerprint density at radius 3 is 2.53 bits per heavy atom. The molecular formula is C27H32ClN3O5. The van der Waals surface area contributed by atoms with Crippen molar-refractivity contribution in [2.24, 2.45) is 11.8 Å². The normalized spacial score (nSPS) is 33.5. The molecule has 0 saturated carbocycles. The average Bonchev–Trinajstić information content (AvgIpc) is 3.10. The van der Waals surface area contributed by atoms with Gasteiger partial charge in [0.1, 0.15) is 11.6 Å². The van der Waals surface area contributed by atoms with E-state index in [1.54, 1.807) is 27.8 Å². The van der Waals surface area contributed by atoms with E-state index in [1.165, 1.54) is 0 Å². The molecule has 9 heteroatoms. The molecule has 4 aliphatic rings. The zero-order valence-electron chi connectivity index (χ0n) is 20.8. The molecule has 5 atom stereocenters.